The van der Waals surface area contributed by atoms with E-state index in [0.29, 0.717) is 16.8 Å². The van der Waals surface area contributed by atoms with Gasteiger partial charge in [-0.1, -0.05) is 43.0 Å². The maximum Gasteiger partial charge on any atom is 0.277 e. The molecule has 0 saturated carbocycles. The molecule has 2 aromatic rings. The van der Waals surface area contributed by atoms with Crippen LogP contribution in [0.15, 0.2) is 34.2 Å². The van der Waals surface area contributed by atoms with E-state index in [1.807, 2.05) is 34.9 Å². The van der Waals surface area contributed by atoms with Crippen LogP contribution in [-0.2, 0) is 6.54 Å². The number of halogens is 1. The number of benzene rings is 1. The fourth-order valence-electron chi connectivity index (χ4n) is 2.60. The highest BCUT2D eigenvalue weighted by Crippen LogP contribution is 2.31. The Bertz CT molecular complexity index is 845. The fraction of sp³-hybridized carbons (Fsp3) is 0.250. The van der Waals surface area contributed by atoms with E-state index >= 15 is 0 Å². The first-order valence-electron chi connectivity index (χ1n) is 7.46. The van der Waals surface area contributed by atoms with Gasteiger partial charge in [-0.3, -0.25) is 14.7 Å². The van der Waals surface area contributed by atoms with E-state index in [1.165, 1.54) is 0 Å². The number of thioether (sulfide) groups is 1. The molecule has 24 heavy (non-hydrogen) atoms. The minimum atomic E-state index is -0.334. The topological polar surface area (TPSA) is 73.8 Å². The lowest BCUT2D eigenvalue weighted by Crippen LogP contribution is -2.06. The number of nitro groups is 1. The lowest BCUT2D eigenvalue weighted by atomic mass is 9.99. The van der Waals surface area contributed by atoms with Crippen molar-refractivity contribution in [3.05, 3.63) is 55.8 Å². The van der Waals surface area contributed by atoms with Crippen LogP contribution in [0.2, 0.25) is 0 Å². The molecule has 0 amide bonds. The quantitative estimate of drug-likeness (QED) is 0.413. The molecule has 1 aliphatic rings. The smallest absolute Gasteiger partial charge is 0.277 e. The monoisotopic (exact) mass is 406 g/mol. The average Bonchev–Trinajstić information content (AvgIpc) is 2.77. The molecule has 3 rings (SSSR count). The van der Waals surface area contributed by atoms with Gasteiger partial charge in [0.15, 0.2) is 5.16 Å². The van der Waals surface area contributed by atoms with Crippen LogP contribution < -0.4 is 0 Å². The fourth-order valence-corrected chi connectivity index (χ4v) is 3.75. The van der Waals surface area contributed by atoms with Crippen LogP contribution in [0.25, 0.3) is 12.2 Å². The molecule has 0 radical (unpaired) electrons. The molecule has 0 atom stereocenters. The Morgan fingerprint density at radius 3 is 2.75 bits per heavy atom. The second-order valence-electron chi connectivity index (χ2n) is 5.14. The molecule has 0 bridgehead atoms. The van der Waals surface area contributed by atoms with Gasteiger partial charge in [0, 0.05) is 6.07 Å². The molecule has 0 unspecified atom stereocenters. The van der Waals surface area contributed by atoms with Crippen molar-refractivity contribution in [2.45, 2.75) is 25.0 Å². The van der Waals surface area contributed by atoms with Crippen molar-refractivity contribution in [1.29, 1.82) is 0 Å². The van der Waals surface area contributed by atoms with Gasteiger partial charge in [0.05, 0.1) is 17.0 Å². The van der Waals surface area contributed by atoms with Gasteiger partial charge in [0.1, 0.15) is 0 Å². The van der Waals surface area contributed by atoms with Gasteiger partial charge in [-0.05, 0) is 45.3 Å². The van der Waals surface area contributed by atoms with Gasteiger partial charge < -0.3 is 0 Å². The molecule has 0 fully saturated rings. The highest BCUT2D eigenvalue weighted by atomic mass is 79.9. The highest BCUT2D eigenvalue weighted by Gasteiger charge is 2.20. The van der Waals surface area contributed by atoms with Crippen molar-refractivity contribution in [3.63, 3.8) is 0 Å². The van der Waals surface area contributed by atoms with E-state index in [1.54, 1.807) is 17.8 Å². The van der Waals surface area contributed by atoms with Crippen molar-refractivity contribution in [2.75, 3.05) is 5.75 Å². The number of nitro benzene ring substituents is 1. The van der Waals surface area contributed by atoms with Crippen LogP contribution in [0.1, 0.15) is 30.0 Å². The van der Waals surface area contributed by atoms with Crippen LogP contribution in [0.5, 0.6) is 0 Å². The summed E-state index contributed by atoms with van der Waals surface area (Å²) in [5, 5.41) is 20.4. The zero-order valence-corrected chi connectivity index (χ0v) is 15.4. The average molecular weight is 407 g/mol. The summed E-state index contributed by atoms with van der Waals surface area (Å²) in [4.78, 5) is 11.0. The summed E-state index contributed by atoms with van der Waals surface area (Å²) < 4.78 is 2.62. The Kier molecular flexibility index (Phi) is 5.15. The van der Waals surface area contributed by atoms with Gasteiger partial charge in [-0.25, -0.2) is 0 Å². The van der Waals surface area contributed by atoms with Crippen molar-refractivity contribution in [2.24, 2.45) is 0 Å². The van der Waals surface area contributed by atoms with Crippen molar-refractivity contribution >= 4 is 45.5 Å². The Balaban J connectivity index is 2.09. The molecule has 6 nitrogen and oxygen atoms in total. The van der Waals surface area contributed by atoms with Crippen LogP contribution in [0.3, 0.4) is 0 Å². The SMILES string of the molecule is CCSc1nnc(Br)n1Cc1ccc([N+](=O)[O-])c2c1C=CCC=C2. The number of fused-ring (bicyclic) bond motifs is 1. The maximum atomic E-state index is 11.3. The summed E-state index contributed by atoms with van der Waals surface area (Å²) in [6.07, 6.45) is 8.51. The zero-order chi connectivity index (χ0) is 17.1. The van der Waals surface area contributed by atoms with Crippen LogP contribution >= 0.6 is 27.7 Å². The summed E-state index contributed by atoms with van der Waals surface area (Å²) in [7, 11) is 0. The van der Waals surface area contributed by atoms with Crippen molar-refractivity contribution in [3.8, 4) is 0 Å². The van der Waals surface area contributed by atoms with Gasteiger partial charge in [0.25, 0.3) is 5.69 Å². The molecule has 0 saturated heterocycles. The minimum Gasteiger partial charge on any atom is -0.292 e. The number of nitrogens with zero attached hydrogens (tertiary/aromatic N) is 4. The maximum absolute atomic E-state index is 11.3. The molecule has 1 aromatic carbocycles. The predicted molar refractivity (Wildman–Crippen MR) is 99.0 cm³/mol. The molecular formula is C16H15BrN4O2S. The molecule has 0 aliphatic heterocycles. The highest BCUT2D eigenvalue weighted by molar-refractivity contribution is 9.10. The third-order valence-corrected chi connectivity index (χ3v) is 5.10. The van der Waals surface area contributed by atoms with Crippen LogP contribution in [0.4, 0.5) is 5.69 Å². The largest absolute Gasteiger partial charge is 0.292 e. The molecule has 0 spiro atoms. The van der Waals surface area contributed by atoms with Crippen LogP contribution in [-0.4, -0.2) is 25.4 Å². The molecule has 1 heterocycles. The Labute approximate surface area is 151 Å². The van der Waals surface area contributed by atoms with Crippen molar-refractivity contribution in [1.82, 2.24) is 14.8 Å². The van der Waals surface area contributed by atoms with Crippen molar-refractivity contribution < 1.29 is 4.92 Å². The number of allylic oxidation sites excluding steroid dienone is 2. The first-order valence-corrected chi connectivity index (χ1v) is 9.24. The van der Waals surface area contributed by atoms with E-state index in [-0.39, 0.29) is 10.6 Å². The van der Waals surface area contributed by atoms with E-state index in [4.69, 9.17) is 0 Å². The zero-order valence-electron chi connectivity index (χ0n) is 13.0. The lowest BCUT2D eigenvalue weighted by molar-refractivity contribution is -0.385. The van der Waals surface area contributed by atoms with E-state index in [9.17, 15) is 10.1 Å². The normalized spacial score (nSPS) is 12.9. The first kappa shape index (κ1) is 16.9. The number of hydrogen-bond acceptors (Lipinski definition) is 5. The summed E-state index contributed by atoms with van der Waals surface area (Å²) >= 11 is 5.04. The molecule has 1 aromatic heterocycles. The summed E-state index contributed by atoms with van der Waals surface area (Å²) in [5.74, 6) is 0.895. The summed E-state index contributed by atoms with van der Waals surface area (Å²) in [5.41, 5.74) is 2.66. The number of hydrogen-bond donors (Lipinski definition) is 0. The Morgan fingerprint density at radius 1 is 1.29 bits per heavy atom. The molecule has 1 aliphatic carbocycles. The second kappa shape index (κ2) is 7.31. The predicted octanol–water partition coefficient (Wildman–Crippen LogP) is 4.54. The number of rotatable bonds is 5. The third kappa shape index (κ3) is 3.29. The van der Waals surface area contributed by atoms with E-state index in [0.717, 1.165) is 28.5 Å². The van der Waals surface area contributed by atoms with E-state index < -0.39 is 0 Å². The minimum absolute atomic E-state index is 0.127. The van der Waals surface area contributed by atoms with Crippen LogP contribution in [0, 0.1) is 10.1 Å². The third-order valence-electron chi connectivity index (χ3n) is 3.67. The second-order valence-corrected chi connectivity index (χ2v) is 7.08. The van der Waals surface area contributed by atoms with Gasteiger partial charge in [-0.15, -0.1) is 10.2 Å². The molecular weight excluding hydrogens is 392 g/mol. The molecule has 0 N–H and O–H groups in total. The first-order chi connectivity index (χ1) is 11.6. The number of aromatic nitrogens is 3. The summed E-state index contributed by atoms with van der Waals surface area (Å²) in [6.45, 7) is 2.61. The van der Waals surface area contributed by atoms with E-state index in [2.05, 4.69) is 33.1 Å². The Hall–Kier alpha value is -1.93. The lowest BCUT2D eigenvalue weighted by Gasteiger charge is -2.12. The van der Waals surface area contributed by atoms with Gasteiger partial charge in [-0.2, -0.15) is 0 Å². The van der Waals surface area contributed by atoms with Gasteiger partial charge >= 0.3 is 0 Å². The van der Waals surface area contributed by atoms with Gasteiger partial charge in [0.2, 0.25) is 4.73 Å². The standard InChI is InChI=1S/C16H15BrN4O2S/c1-2-24-16-19-18-15(17)20(16)10-11-8-9-14(21(22)23)13-7-5-3-4-6-12(11)13/h4-9H,2-3,10H2,1H3. The Morgan fingerprint density at radius 2 is 2.04 bits per heavy atom. The molecule has 124 valence electrons. The summed E-state index contributed by atoms with van der Waals surface area (Å²) in [6, 6.07) is 3.38. The molecule has 8 heteroatoms.